The van der Waals surface area contributed by atoms with Crippen LogP contribution in [0.15, 0.2) is 40.4 Å². The van der Waals surface area contributed by atoms with Crippen LogP contribution < -0.4 is 21.7 Å². The SMILES string of the molecule is NC(=O)/C(=C1\Nc2ccc(C(=O)NC3CCNCC3)cc2S1)c1nccc(C(F)(F)F)n1. The molecule has 2 aliphatic heterocycles. The minimum absolute atomic E-state index is 0.0951. The van der Waals surface area contributed by atoms with Crippen LogP contribution in [-0.4, -0.2) is 40.9 Å². The fourth-order valence-electron chi connectivity index (χ4n) is 3.42. The molecule has 2 amide bonds. The molecule has 1 saturated heterocycles. The van der Waals surface area contributed by atoms with Crippen molar-refractivity contribution >= 4 is 34.8 Å². The molecule has 0 saturated carbocycles. The quantitative estimate of drug-likeness (QED) is 0.513. The van der Waals surface area contributed by atoms with Crippen LogP contribution in [0.4, 0.5) is 18.9 Å². The number of rotatable bonds is 4. The average Bonchev–Trinajstić information content (AvgIpc) is 3.16. The maximum Gasteiger partial charge on any atom is 0.433 e. The first kappa shape index (κ1) is 22.1. The zero-order chi connectivity index (χ0) is 22.9. The molecule has 0 unspecified atom stereocenters. The van der Waals surface area contributed by atoms with E-state index >= 15 is 0 Å². The van der Waals surface area contributed by atoms with E-state index in [-0.39, 0.29) is 22.6 Å². The van der Waals surface area contributed by atoms with Gasteiger partial charge in [0, 0.05) is 22.7 Å². The Labute approximate surface area is 185 Å². The van der Waals surface area contributed by atoms with Crippen molar-refractivity contribution in [1.82, 2.24) is 20.6 Å². The highest BCUT2D eigenvalue weighted by atomic mass is 32.2. The lowest BCUT2D eigenvalue weighted by Crippen LogP contribution is -2.42. The van der Waals surface area contributed by atoms with Gasteiger partial charge in [-0.15, -0.1) is 0 Å². The summed E-state index contributed by atoms with van der Waals surface area (Å²) >= 11 is 1.07. The smallest absolute Gasteiger partial charge is 0.365 e. The molecule has 0 aliphatic carbocycles. The number of thioether (sulfide) groups is 1. The van der Waals surface area contributed by atoms with Gasteiger partial charge in [-0.3, -0.25) is 9.59 Å². The number of nitrogens with two attached hydrogens (primary N) is 1. The summed E-state index contributed by atoms with van der Waals surface area (Å²) in [6, 6.07) is 5.76. The molecule has 0 radical (unpaired) electrons. The Morgan fingerprint density at radius 2 is 1.94 bits per heavy atom. The van der Waals surface area contributed by atoms with E-state index in [9.17, 15) is 22.8 Å². The molecule has 1 fully saturated rings. The molecule has 5 N–H and O–H groups in total. The average molecular weight is 464 g/mol. The highest BCUT2D eigenvalue weighted by Gasteiger charge is 2.34. The largest absolute Gasteiger partial charge is 0.433 e. The van der Waals surface area contributed by atoms with Crippen LogP contribution in [0.25, 0.3) is 5.57 Å². The number of primary amides is 1. The molecular formula is C20H19F3N6O2S. The maximum atomic E-state index is 13.0. The van der Waals surface area contributed by atoms with Crippen molar-refractivity contribution in [3.05, 3.63) is 52.6 Å². The molecule has 8 nitrogen and oxygen atoms in total. The van der Waals surface area contributed by atoms with E-state index < -0.39 is 23.6 Å². The predicted molar refractivity (Wildman–Crippen MR) is 112 cm³/mol. The molecule has 2 aromatic rings. The fourth-order valence-corrected chi connectivity index (χ4v) is 4.51. The maximum absolute atomic E-state index is 13.0. The Hall–Kier alpha value is -3.12. The standard InChI is InChI=1S/C20H19F3N6O2S/c21-20(22,23)14-5-8-26-17(29-14)15(16(24)30)19-28-12-2-1-10(9-13(12)32-19)18(31)27-11-3-6-25-7-4-11/h1-2,5,8-9,11,25,28H,3-4,6-7H2,(H2,24,30)(H,27,31)/b19-15-. The lowest BCUT2D eigenvalue weighted by atomic mass is 10.1. The number of fused-ring (bicyclic) bond motifs is 1. The third kappa shape index (κ3) is 4.70. The molecule has 12 heteroatoms. The highest BCUT2D eigenvalue weighted by molar-refractivity contribution is 8.04. The van der Waals surface area contributed by atoms with E-state index in [1.807, 2.05) is 0 Å². The van der Waals surface area contributed by atoms with Crippen LogP contribution in [0.1, 0.15) is 34.7 Å². The molecule has 3 heterocycles. The normalized spacial score (nSPS) is 18.0. The summed E-state index contributed by atoms with van der Waals surface area (Å²) in [5.41, 5.74) is 5.03. The topological polar surface area (TPSA) is 122 Å². The monoisotopic (exact) mass is 464 g/mol. The Bertz CT molecular complexity index is 1100. The Morgan fingerprint density at radius 3 is 2.62 bits per heavy atom. The lowest BCUT2D eigenvalue weighted by Gasteiger charge is -2.23. The molecule has 32 heavy (non-hydrogen) atoms. The molecule has 1 aromatic heterocycles. The van der Waals surface area contributed by atoms with E-state index in [0.29, 0.717) is 22.2 Å². The zero-order valence-electron chi connectivity index (χ0n) is 16.6. The van der Waals surface area contributed by atoms with Crippen LogP contribution in [0.3, 0.4) is 0 Å². The van der Waals surface area contributed by atoms with E-state index in [4.69, 9.17) is 5.73 Å². The lowest BCUT2D eigenvalue weighted by molar-refractivity contribution is -0.141. The first-order chi connectivity index (χ1) is 15.2. The number of halogens is 3. The second kappa shape index (κ2) is 8.79. The van der Waals surface area contributed by atoms with Crippen molar-refractivity contribution < 1.29 is 22.8 Å². The number of hydrogen-bond acceptors (Lipinski definition) is 7. The Morgan fingerprint density at radius 1 is 1.19 bits per heavy atom. The molecule has 0 spiro atoms. The summed E-state index contributed by atoms with van der Waals surface area (Å²) < 4.78 is 39.1. The van der Waals surface area contributed by atoms with Gasteiger partial charge in [0.2, 0.25) is 0 Å². The van der Waals surface area contributed by atoms with Crippen molar-refractivity contribution in [1.29, 1.82) is 0 Å². The summed E-state index contributed by atoms with van der Waals surface area (Å²) in [7, 11) is 0. The number of nitrogens with one attached hydrogen (secondary N) is 3. The van der Waals surface area contributed by atoms with Gasteiger partial charge in [-0.2, -0.15) is 13.2 Å². The summed E-state index contributed by atoms with van der Waals surface area (Å²) in [5, 5.41) is 9.39. The fraction of sp³-hybridized carbons (Fsp3) is 0.300. The van der Waals surface area contributed by atoms with Crippen LogP contribution in [0, 0.1) is 0 Å². The number of alkyl halides is 3. The number of nitrogens with zero attached hydrogens (tertiary/aromatic N) is 2. The van der Waals surface area contributed by atoms with E-state index in [0.717, 1.165) is 43.9 Å². The van der Waals surface area contributed by atoms with E-state index in [2.05, 4.69) is 25.9 Å². The molecule has 4 rings (SSSR count). The van der Waals surface area contributed by atoms with Gasteiger partial charge in [-0.05, 0) is 50.2 Å². The number of hydrogen-bond donors (Lipinski definition) is 4. The summed E-state index contributed by atoms with van der Waals surface area (Å²) in [5.74, 6) is -1.62. The minimum atomic E-state index is -4.69. The van der Waals surface area contributed by atoms with Crippen molar-refractivity contribution in [3.8, 4) is 0 Å². The highest BCUT2D eigenvalue weighted by Crippen LogP contribution is 2.44. The third-order valence-electron chi connectivity index (χ3n) is 5.02. The number of aromatic nitrogens is 2. The number of carbonyl (C=O) groups excluding carboxylic acids is 2. The number of anilines is 1. The molecule has 0 bridgehead atoms. The molecular weight excluding hydrogens is 445 g/mol. The van der Waals surface area contributed by atoms with E-state index in [1.54, 1.807) is 18.2 Å². The summed E-state index contributed by atoms with van der Waals surface area (Å²) in [4.78, 5) is 32.6. The van der Waals surface area contributed by atoms with Crippen LogP contribution in [0.2, 0.25) is 0 Å². The second-order valence-corrected chi connectivity index (χ2v) is 8.32. The van der Waals surface area contributed by atoms with Gasteiger partial charge < -0.3 is 21.7 Å². The molecule has 0 atom stereocenters. The second-order valence-electron chi connectivity index (χ2n) is 7.27. The molecule has 2 aliphatic rings. The minimum Gasteiger partial charge on any atom is -0.365 e. The first-order valence-electron chi connectivity index (χ1n) is 9.77. The van der Waals surface area contributed by atoms with Crippen LogP contribution in [-0.2, 0) is 11.0 Å². The zero-order valence-corrected chi connectivity index (χ0v) is 17.4. The van der Waals surface area contributed by atoms with Gasteiger partial charge >= 0.3 is 6.18 Å². The Balaban J connectivity index is 1.60. The van der Waals surface area contributed by atoms with Gasteiger partial charge in [0.15, 0.2) is 5.82 Å². The van der Waals surface area contributed by atoms with Gasteiger partial charge in [0.05, 0.1) is 10.7 Å². The van der Waals surface area contributed by atoms with Crippen LogP contribution >= 0.6 is 11.8 Å². The van der Waals surface area contributed by atoms with Crippen molar-refractivity contribution in [2.45, 2.75) is 30.0 Å². The van der Waals surface area contributed by atoms with Crippen molar-refractivity contribution in [3.63, 3.8) is 0 Å². The van der Waals surface area contributed by atoms with E-state index in [1.165, 1.54) is 0 Å². The number of amides is 2. The van der Waals surface area contributed by atoms with Crippen LogP contribution in [0.5, 0.6) is 0 Å². The Kier molecular flexibility index (Phi) is 6.07. The van der Waals surface area contributed by atoms with Gasteiger partial charge in [-0.1, -0.05) is 11.8 Å². The predicted octanol–water partition coefficient (Wildman–Crippen LogP) is 2.35. The van der Waals surface area contributed by atoms with Gasteiger partial charge in [0.25, 0.3) is 11.8 Å². The molecule has 168 valence electrons. The third-order valence-corrected chi connectivity index (χ3v) is 6.09. The van der Waals surface area contributed by atoms with Gasteiger partial charge in [-0.25, -0.2) is 9.97 Å². The first-order valence-corrected chi connectivity index (χ1v) is 10.6. The summed E-state index contributed by atoms with van der Waals surface area (Å²) in [6.45, 7) is 1.69. The number of benzene rings is 1. The number of carbonyl (C=O) groups is 2. The number of piperidine rings is 1. The molecule has 1 aromatic carbocycles. The van der Waals surface area contributed by atoms with Crippen molar-refractivity contribution in [2.75, 3.05) is 18.4 Å². The van der Waals surface area contributed by atoms with Gasteiger partial charge in [0.1, 0.15) is 11.3 Å². The summed E-state index contributed by atoms with van der Waals surface area (Å²) in [6.07, 6.45) is -2.08. The van der Waals surface area contributed by atoms with Crippen molar-refractivity contribution in [2.24, 2.45) is 5.73 Å².